The first kappa shape index (κ1) is 17.3. The number of hydrogen-bond acceptors (Lipinski definition) is 3. The van der Waals surface area contributed by atoms with Crippen molar-refractivity contribution in [2.45, 2.75) is 20.0 Å². The summed E-state index contributed by atoms with van der Waals surface area (Å²) in [7, 11) is 0. The quantitative estimate of drug-likeness (QED) is 0.819. The number of rotatable bonds is 4. The summed E-state index contributed by atoms with van der Waals surface area (Å²) in [5.41, 5.74) is 2.19. The van der Waals surface area contributed by atoms with Crippen molar-refractivity contribution < 1.29 is 9.53 Å². The number of ether oxygens (including phenoxy) is 1. The molecule has 0 spiro atoms. The predicted octanol–water partition coefficient (Wildman–Crippen LogP) is 4.69. The highest BCUT2D eigenvalue weighted by atomic mass is 79.9. The summed E-state index contributed by atoms with van der Waals surface area (Å²) in [4.78, 5) is 12.2. The molecular weight excluding hydrogens is 380 g/mol. The molecule has 118 valence electrons. The van der Waals surface area contributed by atoms with Crippen LogP contribution in [0, 0.1) is 18.3 Å². The molecule has 1 atom stereocenters. The minimum Gasteiger partial charge on any atom is -0.479 e. The third-order valence-electron chi connectivity index (χ3n) is 3.12. The summed E-state index contributed by atoms with van der Waals surface area (Å²) in [6.45, 7) is 3.60. The van der Waals surface area contributed by atoms with Crippen LogP contribution in [0.1, 0.15) is 18.1 Å². The van der Waals surface area contributed by atoms with Crippen LogP contribution in [0.25, 0.3) is 0 Å². The van der Waals surface area contributed by atoms with Crippen molar-refractivity contribution in [1.82, 2.24) is 0 Å². The second-order valence-corrected chi connectivity index (χ2v) is 6.25. The van der Waals surface area contributed by atoms with Crippen molar-refractivity contribution in [2.75, 3.05) is 5.32 Å². The molecule has 23 heavy (non-hydrogen) atoms. The molecule has 0 fully saturated rings. The van der Waals surface area contributed by atoms with Crippen LogP contribution in [0.15, 0.2) is 40.9 Å². The van der Waals surface area contributed by atoms with Crippen LogP contribution in [0.2, 0.25) is 5.02 Å². The Balaban J connectivity index is 2.07. The van der Waals surface area contributed by atoms with Gasteiger partial charge in [-0.3, -0.25) is 4.79 Å². The molecule has 0 bridgehead atoms. The lowest BCUT2D eigenvalue weighted by atomic mass is 10.2. The van der Waals surface area contributed by atoms with Gasteiger partial charge < -0.3 is 10.1 Å². The summed E-state index contributed by atoms with van der Waals surface area (Å²) >= 11 is 9.46. The number of anilines is 1. The van der Waals surface area contributed by atoms with Gasteiger partial charge in [0.25, 0.3) is 5.91 Å². The van der Waals surface area contributed by atoms with Gasteiger partial charge in [0.05, 0.1) is 22.3 Å². The van der Waals surface area contributed by atoms with Crippen molar-refractivity contribution in [2.24, 2.45) is 0 Å². The van der Waals surface area contributed by atoms with Crippen molar-refractivity contribution in [3.63, 3.8) is 0 Å². The zero-order chi connectivity index (χ0) is 17.0. The van der Waals surface area contributed by atoms with Gasteiger partial charge >= 0.3 is 0 Å². The second kappa shape index (κ2) is 7.49. The van der Waals surface area contributed by atoms with Gasteiger partial charge in [-0.25, -0.2) is 0 Å². The molecular formula is C17H14BrClN2O2. The minimum atomic E-state index is -0.742. The maximum Gasteiger partial charge on any atom is 0.265 e. The molecule has 1 N–H and O–H groups in total. The molecule has 1 amide bonds. The van der Waals surface area contributed by atoms with E-state index in [-0.39, 0.29) is 5.91 Å². The molecule has 0 aliphatic rings. The maximum atomic E-state index is 12.2. The van der Waals surface area contributed by atoms with Crippen LogP contribution in [-0.2, 0) is 4.79 Å². The molecule has 0 radical (unpaired) electrons. The largest absolute Gasteiger partial charge is 0.479 e. The molecule has 6 heteroatoms. The molecule has 2 aromatic carbocycles. The van der Waals surface area contributed by atoms with Gasteiger partial charge in [0.15, 0.2) is 6.10 Å². The molecule has 0 saturated carbocycles. The molecule has 0 aliphatic carbocycles. The number of carbonyl (C=O) groups is 1. The number of carbonyl (C=O) groups excluding carboxylic acids is 1. The lowest BCUT2D eigenvalue weighted by Gasteiger charge is -2.16. The Morgan fingerprint density at radius 2 is 2.09 bits per heavy atom. The number of hydrogen-bond donors (Lipinski definition) is 1. The Morgan fingerprint density at radius 1 is 1.35 bits per heavy atom. The highest BCUT2D eigenvalue weighted by Crippen LogP contribution is 2.27. The van der Waals surface area contributed by atoms with Crippen molar-refractivity contribution >= 4 is 39.1 Å². The van der Waals surface area contributed by atoms with E-state index < -0.39 is 6.10 Å². The average molecular weight is 394 g/mol. The van der Waals surface area contributed by atoms with Gasteiger partial charge in [0, 0.05) is 4.47 Å². The van der Waals surface area contributed by atoms with Crippen LogP contribution >= 0.6 is 27.5 Å². The van der Waals surface area contributed by atoms with E-state index in [4.69, 9.17) is 21.6 Å². The fourth-order valence-corrected chi connectivity index (χ4v) is 2.68. The highest BCUT2D eigenvalue weighted by Gasteiger charge is 2.17. The Morgan fingerprint density at radius 3 is 2.70 bits per heavy atom. The zero-order valence-electron chi connectivity index (χ0n) is 12.6. The SMILES string of the molecule is Cc1ccc(NC(=O)C(C)Oc2ccc(C#N)cc2Cl)c(Br)c1. The lowest BCUT2D eigenvalue weighted by molar-refractivity contribution is -0.122. The smallest absolute Gasteiger partial charge is 0.265 e. The van der Waals surface area contributed by atoms with E-state index in [1.54, 1.807) is 19.1 Å². The fraction of sp³-hybridized carbons (Fsp3) is 0.176. The molecule has 0 aliphatic heterocycles. The zero-order valence-corrected chi connectivity index (χ0v) is 14.9. The number of benzene rings is 2. The number of aryl methyl sites for hydroxylation is 1. The molecule has 0 aromatic heterocycles. The number of nitriles is 1. The second-order valence-electron chi connectivity index (χ2n) is 4.99. The van der Waals surface area contributed by atoms with Gasteiger partial charge in [0.2, 0.25) is 0 Å². The van der Waals surface area contributed by atoms with E-state index in [9.17, 15) is 4.79 Å². The number of nitrogens with zero attached hydrogens (tertiary/aromatic N) is 1. The molecule has 1 unspecified atom stereocenters. The Hall–Kier alpha value is -2.03. The number of halogens is 2. The van der Waals surface area contributed by atoms with E-state index in [1.807, 2.05) is 31.2 Å². The fourth-order valence-electron chi connectivity index (χ4n) is 1.87. The summed E-state index contributed by atoms with van der Waals surface area (Å²) in [6.07, 6.45) is -0.742. The van der Waals surface area contributed by atoms with Crippen LogP contribution in [0.4, 0.5) is 5.69 Å². The van der Waals surface area contributed by atoms with Gasteiger partial charge in [-0.05, 0) is 65.7 Å². The third-order valence-corrected chi connectivity index (χ3v) is 4.07. The van der Waals surface area contributed by atoms with E-state index >= 15 is 0 Å². The maximum absolute atomic E-state index is 12.2. The Kier molecular flexibility index (Phi) is 5.64. The van der Waals surface area contributed by atoms with E-state index in [1.165, 1.54) is 6.07 Å². The summed E-state index contributed by atoms with van der Waals surface area (Å²) < 4.78 is 6.37. The van der Waals surface area contributed by atoms with Gasteiger partial charge in [0.1, 0.15) is 5.75 Å². The molecule has 4 nitrogen and oxygen atoms in total. The van der Waals surface area contributed by atoms with E-state index in [0.717, 1.165) is 10.0 Å². The standard InChI is InChI=1S/C17H14BrClN2O2/c1-10-3-5-15(13(18)7-10)21-17(22)11(2)23-16-6-4-12(9-20)8-14(16)19/h3-8,11H,1-2H3,(H,21,22). The molecule has 0 saturated heterocycles. The van der Waals surface area contributed by atoms with Crippen LogP contribution < -0.4 is 10.1 Å². The summed E-state index contributed by atoms with van der Waals surface area (Å²) in [5.74, 6) is 0.0614. The van der Waals surface area contributed by atoms with Crippen LogP contribution in [-0.4, -0.2) is 12.0 Å². The normalized spacial score (nSPS) is 11.4. The van der Waals surface area contributed by atoms with Crippen molar-refractivity contribution in [3.05, 3.63) is 57.0 Å². The molecule has 0 heterocycles. The first-order chi connectivity index (χ1) is 10.9. The number of amides is 1. The van der Waals surface area contributed by atoms with Crippen molar-refractivity contribution in [3.8, 4) is 11.8 Å². The monoisotopic (exact) mass is 392 g/mol. The Labute approximate surface area is 148 Å². The van der Waals surface area contributed by atoms with Gasteiger partial charge in [-0.15, -0.1) is 0 Å². The van der Waals surface area contributed by atoms with Gasteiger partial charge in [-0.2, -0.15) is 5.26 Å². The third kappa shape index (κ3) is 4.47. The first-order valence-electron chi connectivity index (χ1n) is 6.84. The summed E-state index contributed by atoms with van der Waals surface area (Å²) in [5, 5.41) is 11.9. The van der Waals surface area contributed by atoms with Crippen LogP contribution in [0.3, 0.4) is 0 Å². The highest BCUT2D eigenvalue weighted by molar-refractivity contribution is 9.10. The predicted molar refractivity (Wildman–Crippen MR) is 93.8 cm³/mol. The first-order valence-corrected chi connectivity index (χ1v) is 8.01. The average Bonchev–Trinajstić information content (AvgIpc) is 2.51. The molecule has 2 aromatic rings. The van der Waals surface area contributed by atoms with E-state index in [2.05, 4.69) is 21.2 Å². The van der Waals surface area contributed by atoms with Gasteiger partial charge in [-0.1, -0.05) is 17.7 Å². The van der Waals surface area contributed by atoms with Crippen molar-refractivity contribution in [1.29, 1.82) is 5.26 Å². The van der Waals surface area contributed by atoms with E-state index in [0.29, 0.717) is 22.0 Å². The topological polar surface area (TPSA) is 62.1 Å². The number of nitrogens with one attached hydrogen (secondary N) is 1. The molecule has 2 rings (SSSR count). The minimum absolute atomic E-state index is 0.292. The summed E-state index contributed by atoms with van der Waals surface area (Å²) in [6, 6.07) is 12.3. The lowest BCUT2D eigenvalue weighted by Crippen LogP contribution is -2.30. The Bertz CT molecular complexity index is 787. The van der Waals surface area contributed by atoms with Crippen LogP contribution in [0.5, 0.6) is 5.75 Å².